The van der Waals surface area contributed by atoms with Gasteiger partial charge in [0.15, 0.2) is 0 Å². The van der Waals surface area contributed by atoms with Crippen LogP contribution < -0.4 is 10.6 Å². The zero-order chi connectivity index (χ0) is 14.9. The lowest BCUT2D eigenvalue weighted by Crippen LogP contribution is -2.33. The van der Waals surface area contributed by atoms with Crippen LogP contribution in [-0.4, -0.2) is 38.3 Å². The van der Waals surface area contributed by atoms with Gasteiger partial charge in [-0.1, -0.05) is 19.1 Å². The molecule has 1 aliphatic rings. The van der Waals surface area contributed by atoms with E-state index in [1.54, 1.807) is 0 Å². The number of nitrogens with one attached hydrogen (secondary N) is 2. The highest BCUT2D eigenvalue weighted by Crippen LogP contribution is 2.07. The maximum Gasteiger partial charge on any atom is 0.251 e. The summed E-state index contributed by atoms with van der Waals surface area (Å²) < 4.78 is 5.81. The number of carbonyl (C=O) groups excluding carboxylic acids is 1. The van der Waals surface area contributed by atoms with E-state index in [1.807, 2.05) is 24.3 Å². The van der Waals surface area contributed by atoms with E-state index in [1.165, 1.54) is 5.56 Å². The summed E-state index contributed by atoms with van der Waals surface area (Å²) in [7, 11) is 0. The summed E-state index contributed by atoms with van der Waals surface area (Å²) in [6.45, 7) is 5.60. The van der Waals surface area contributed by atoms with Crippen molar-refractivity contribution < 1.29 is 9.53 Å². The van der Waals surface area contributed by atoms with E-state index in [0.717, 1.165) is 50.9 Å². The van der Waals surface area contributed by atoms with E-state index in [4.69, 9.17) is 4.74 Å². The third kappa shape index (κ3) is 5.48. The van der Waals surface area contributed by atoms with Crippen molar-refractivity contribution in [1.82, 2.24) is 10.6 Å². The third-order valence-electron chi connectivity index (χ3n) is 3.87. The lowest BCUT2D eigenvalue weighted by molar-refractivity contribution is 0.0318. The van der Waals surface area contributed by atoms with Crippen LogP contribution >= 0.6 is 0 Å². The van der Waals surface area contributed by atoms with E-state index >= 15 is 0 Å². The second kappa shape index (κ2) is 8.80. The average Bonchev–Trinajstić information content (AvgIpc) is 2.55. The Bertz CT molecular complexity index is 425. The highest BCUT2D eigenvalue weighted by molar-refractivity contribution is 5.94. The molecule has 1 amide bonds. The van der Waals surface area contributed by atoms with Crippen molar-refractivity contribution >= 4 is 5.91 Å². The molecule has 1 aliphatic heterocycles. The van der Waals surface area contributed by atoms with E-state index < -0.39 is 0 Å². The Labute approximate surface area is 127 Å². The van der Waals surface area contributed by atoms with Crippen LogP contribution in [0.1, 0.15) is 42.1 Å². The molecule has 4 nitrogen and oxygen atoms in total. The summed E-state index contributed by atoms with van der Waals surface area (Å²) in [5, 5.41) is 6.26. The maximum absolute atomic E-state index is 11.9. The number of ether oxygens (including phenoxy) is 1. The molecule has 0 atom stereocenters. The summed E-state index contributed by atoms with van der Waals surface area (Å²) in [5.41, 5.74) is 1.98. The Hall–Kier alpha value is -1.39. The van der Waals surface area contributed by atoms with Crippen LogP contribution in [0.4, 0.5) is 0 Å². The van der Waals surface area contributed by atoms with E-state index in [9.17, 15) is 4.79 Å². The van der Waals surface area contributed by atoms with Crippen molar-refractivity contribution in [3.05, 3.63) is 35.4 Å². The monoisotopic (exact) mass is 290 g/mol. The predicted molar refractivity (Wildman–Crippen MR) is 84.6 cm³/mol. The summed E-state index contributed by atoms with van der Waals surface area (Å²) in [6, 6.07) is 7.80. The predicted octanol–water partition coefficient (Wildman–Crippen LogP) is 2.14. The molecule has 116 valence electrons. The molecule has 0 aromatic heterocycles. The standard InChI is InChI=1S/C17H26N2O2/c1-2-14-4-6-15(7-5-14)17(20)19-10-3-13-21-16-8-11-18-12-9-16/h4-7,16,18H,2-3,8-13H2,1H3,(H,19,20). The first-order chi connectivity index (χ1) is 10.3. The van der Waals surface area contributed by atoms with Gasteiger partial charge in [-0.25, -0.2) is 0 Å². The van der Waals surface area contributed by atoms with E-state index in [2.05, 4.69) is 17.6 Å². The molecule has 1 aromatic rings. The highest BCUT2D eigenvalue weighted by atomic mass is 16.5. The van der Waals surface area contributed by atoms with Crippen LogP contribution in [0.5, 0.6) is 0 Å². The van der Waals surface area contributed by atoms with E-state index in [0.29, 0.717) is 12.6 Å². The van der Waals surface area contributed by atoms with E-state index in [-0.39, 0.29) is 5.91 Å². The Balaban J connectivity index is 1.60. The first-order valence-corrected chi connectivity index (χ1v) is 7.99. The summed E-state index contributed by atoms with van der Waals surface area (Å²) >= 11 is 0. The minimum atomic E-state index is -0.000445. The molecule has 0 spiro atoms. The van der Waals surface area contributed by atoms with Crippen molar-refractivity contribution in [3.63, 3.8) is 0 Å². The zero-order valence-electron chi connectivity index (χ0n) is 12.9. The van der Waals surface area contributed by atoms with Crippen LogP contribution in [0.2, 0.25) is 0 Å². The first kappa shape index (κ1) is 16.0. The quantitative estimate of drug-likeness (QED) is 0.756. The average molecular weight is 290 g/mol. The van der Waals surface area contributed by atoms with Crippen molar-refractivity contribution in [2.75, 3.05) is 26.2 Å². The highest BCUT2D eigenvalue weighted by Gasteiger charge is 2.12. The molecule has 0 unspecified atom stereocenters. The van der Waals surface area contributed by atoms with Crippen molar-refractivity contribution in [2.45, 2.75) is 38.7 Å². The second-order valence-electron chi connectivity index (χ2n) is 5.48. The van der Waals surface area contributed by atoms with Gasteiger partial charge in [0.2, 0.25) is 0 Å². The summed E-state index contributed by atoms with van der Waals surface area (Å²) in [6.07, 6.45) is 4.44. The number of hydrogen-bond donors (Lipinski definition) is 2. The molecule has 1 heterocycles. The second-order valence-corrected chi connectivity index (χ2v) is 5.48. The Morgan fingerprint density at radius 3 is 2.67 bits per heavy atom. The number of carbonyl (C=O) groups is 1. The van der Waals surface area contributed by atoms with Gasteiger partial charge in [-0.05, 0) is 56.5 Å². The SMILES string of the molecule is CCc1ccc(C(=O)NCCCOC2CCNCC2)cc1. The van der Waals surface area contributed by atoms with Gasteiger partial charge in [-0.2, -0.15) is 0 Å². The molecule has 2 rings (SSSR count). The molecule has 0 radical (unpaired) electrons. The van der Waals surface area contributed by atoms with Gasteiger partial charge >= 0.3 is 0 Å². The maximum atomic E-state index is 11.9. The van der Waals surface area contributed by atoms with Gasteiger partial charge < -0.3 is 15.4 Å². The fourth-order valence-corrected chi connectivity index (χ4v) is 2.48. The van der Waals surface area contributed by atoms with Gasteiger partial charge in [0.05, 0.1) is 6.10 Å². The number of hydrogen-bond acceptors (Lipinski definition) is 3. The first-order valence-electron chi connectivity index (χ1n) is 7.99. The third-order valence-corrected chi connectivity index (χ3v) is 3.87. The fraction of sp³-hybridized carbons (Fsp3) is 0.588. The minimum absolute atomic E-state index is 0.000445. The molecule has 1 saturated heterocycles. The zero-order valence-corrected chi connectivity index (χ0v) is 12.9. The Kier molecular flexibility index (Phi) is 6.70. The van der Waals surface area contributed by atoms with Crippen molar-refractivity contribution in [3.8, 4) is 0 Å². The van der Waals surface area contributed by atoms with Crippen molar-refractivity contribution in [1.29, 1.82) is 0 Å². The van der Waals surface area contributed by atoms with Crippen LogP contribution in [0.15, 0.2) is 24.3 Å². The van der Waals surface area contributed by atoms with Gasteiger partial charge in [0, 0.05) is 18.7 Å². The largest absolute Gasteiger partial charge is 0.378 e. The molecule has 1 fully saturated rings. The molecule has 0 aliphatic carbocycles. The van der Waals surface area contributed by atoms with Crippen molar-refractivity contribution in [2.24, 2.45) is 0 Å². The smallest absolute Gasteiger partial charge is 0.251 e. The normalized spacial score (nSPS) is 15.9. The lowest BCUT2D eigenvalue weighted by Gasteiger charge is -2.22. The van der Waals surface area contributed by atoms with Crippen LogP contribution in [0.3, 0.4) is 0 Å². The minimum Gasteiger partial charge on any atom is -0.378 e. The van der Waals surface area contributed by atoms with Crippen LogP contribution in [0.25, 0.3) is 0 Å². The number of rotatable bonds is 7. The fourth-order valence-electron chi connectivity index (χ4n) is 2.48. The van der Waals surface area contributed by atoms with Gasteiger partial charge in [0.1, 0.15) is 0 Å². The van der Waals surface area contributed by atoms with Gasteiger partial charge in [-0.3, -0.25) is 4.79 Å². The number of amides is 1. The van der Waals surface area contributed by atoms with Crippen LogP contribution in [0, 0.1) is 0 Å². The Morgan fingerprint density at radius 2 is 2.00 bits per heavy atom. The van der Waals surface area contributed by atoms with Gasteiger partial charge in [0.25, 0.3) is 5.91 Å². The molecule has 0 saturated carbocycles. The lowest BCUT2D eigenvalue weighted by atomic mass is 10.1. The molecule has 1 aromatic carbocycles. The summed E-state index contributed by atoms with van der Waals surface area (Å²) in [5.74, 6) is -0.000445. The van der Waals surface area contributed by atoms with Crippen LogP contribution in [-0.2, 0) is 11.2 Å². The number of benzene rings is 1. The Morgan fingerprint density at radius 1 is 1.29 bits per heavy atom. The summed E-state index contributed by atoms with van der Waals surface area (Å²) in [4.78, 5) is 11.9. The molecule has 2 N–H and O–H groups in total. The molecule has 21 heavy (non-hydrogen) atoms. The topological polar surface area (TPSA) is 50.4 Å². The number of piperidine rings is 1. The number of aryl methyl sites for hydroxylation is 1. The molecular weight excluding hydrogens is 264 g/mol. The van der Waals surface area contributed by atoms with Gasteiger partial charge in [-0.15, -0.1) is 0 Å². The molecular formula is C17H26N2O2. The molecule has 4 heteroatoms. The molecule has 0 bridgehead atoms.